The molecular weight excluding hydrogens is 244 g/mol. The van der Waals surface area contributed by atoms with Crippen LogP contribution in [0.1, 0.15) is 0 Å². The Morgan fingerprint density at radius 2 is 1.83 bits per heavy atom. The van der Waals surface area contributed by atoms with Gasteiger partial charge in [0, 0.05) is 31.6 Å². The third kappa shape index (κ3) is 1.54. The Labute approximate surface area is 102 Å². The van der Waals surface area contributed by atoms with Crippen molar-refractivity contribution in [3.05, 3.63) is 33.9 Å². The number of nitrogens with zero attached hydrogens (tertiary/aromatic N) is 2. The van der Waals surface area contributed by atoms with Gasteiger partial charge in [-0.05, 0) is 0 Å². The number of nitrogens with one attached hydrogen (secondary N) is 1. The number of halogens is 2. The van der Waals surface area contributed by atoms with Crippen LogP contribution in [0.15, 0.2) is 12.1 Å². The third-order valence-electron chi connectivity index (χ3n) is 3.58. The number of nitro benzene ring substituents is 1. The highest BCUT2D eigenvalue weighted by atomic mass is 19.1. The van der Waals surface area contributed by atoms with Crippen LogP contribution in [-0.2, 0) is 0 Å². The van der Waals surface area contributed by atoms with E-state index in [9.17, 15) is 18.9 Å². The molecule has 1 spiro atoms. The van der Waals surface area contributed by atoms with Gasteiger partial charge >= 0.3 is 0 Å². The highest BCUT2D eigenvalue weighted by Gasteiger charge is 2.48. The Morgan fingerprint density at radius 1 is 1.28 bits per heavy atom. The fraction of sp³-hybridized carbons (Fsp3) is 0.455. The van der Waals surface area contributed by atoms with Crippen LogP contribution in [0.3, 0.4) is 0 Å². The first-order valence-electron chi connectivity index (χ1n) is 5.60. The second-order valence-corrected chi connectivity index (χ2v) is 4.97. The number of hydrogen-bond donors (Lipinski definition) is 1. The largest absolute Gasteiger partial charge is 0.365 e. The average Bonchev–Trinajstić information content (AvgIpc) is 2.16. The lowest BCUT2D eigenvalue weighted by atomic mass is 9.74. The van der Waals surface area contributed by atoms with E-state index in [-0.39, 0.29) is 11.1 Å². The Hall–Kier alpha value is -1.76. The third-order valence-corrected chi connectivity index (χ3v) is 3.58. The zero-order valence-corrected chi connectivity index (χ0v) is 9.45. The van der Waals surface area contributed by atoms with Crippen molar-refractivity contribution < 1.29 is 13.7 Å². The van der Waals surface area contributed by atoms with Crippen LogP contribution in [0.4, 0.5) is 20.2 Å². The summed E-state index contributed by atoms with van der Waals surface area (Å²) in [5.41, 5.74) is -0.576. The fourth-order valence-corrected chi connectivity index (χ4v) is 2.58. The summed E-state index contributed by atoms with van der Waals surface area (Å²) in [6.07, 6.45) is 0. The maximum Gasteiger partial charge on any atom is 0.275 e. The van der Waals surface area contributed by atoms with Crippen molar-refractivity contribution in [2.24, 2.45) is 5.41 Å². The minimum atomic E-state index is -0.871. The maximum atomic E-state index is 13.7. The monoisotopic (exact) mass is 255 g/mol. The first-order valence-corrected chi connectivity index (χ1v) is 5.60. The fourth-order valence-electron chi connectivity index (χ4n) is 2.58. The molecular formula is C11H11F2N3O2. The van der Waals surface area contributed by atoms with Gasteiger partial charge in [-0.25, -0.2) is 8.78 Å². The molecule has 5 nitrogen and oxygen atoms in total. The van der Waals surface area contributed by atoms with Gasteiger partial charge in [0.15, 0.2) is 11.6 Å². The van der Waals surface area contributed by atoms with Gasteiger partial charge in [-0.1, -0.05) is 0 Å². The molecule has 0 aliphatic carbocycles. The minimum absolute atomic E-state index is 0.140. The molecule has 96 valence electrons. The van der Waals surface area contributed by atoms with Crippen LogP contribution in [0.2, 0.25) is 0 Å². The predicted octanol–water partition coefficient (Wildman–Crippen LogP) is 1.28. The SMILES string of the molecule is O=[N+]([O-])c1cc(F)c(N2CC3(CNC3)C2)c(F)c1. The van der Waals surface area contributed by atoms with Gasteiger partial charge in [0.1, 0.15) is 5.69 Å². The lowest BCUT2D eigenvalue weighted by Crippen LogP contribution is -2.71. The van der Waals surface area contributed by atoms with Crippen LogP contribution >= 0.6 is 0 Å². The molecule has 0 atom stereocenters. The summed E-state index contributed by atoms with van der Waals surface area (Å²) < 4.78 is 27.4. The second-order valence-electron chi connectivity index (χ2n) is 4.97. The highest BCUT2D eigenvalue weighted by Crippen LogP contribution is 2.40. The number of nitro groups is 1. The van der Waals surface area contributed by atoms with E-state index in [0.717, 1.165) is 25.2 Å². The molecule has 2 aliphatic rings. The molecule has 1 aromatic rings. The Kier molecular flexibility index (Phi) is 2.28. The van der Waals surface area contributed by atoms with E-state index < -0.39 is 22.2 Å². The van der Waals surface area contributed by atoms with Gasteiger partial charge in [-0.3, -0.25) is 10.1 Å². The number of anilines is 1. The minimum Gasteiger partial charge on any atom is -0.365 e. The molecule has 2 fully saturated rings. The summed E-state index contributed by atoms with van der Waals surface area (Å²) in [6.45, 7) is 2.90. The molecule has 1 N–H and O–H groups in total. The topological polar surface area (TPSA) is 58.4 Å². The van der Waals surface area contributed by atoms with E-state index in [1.807, 2.05) is 0 Å². The van der Waals surface area contributed by atoms with E-state index in [1.54, 1.807) is 4.90 Å². The quantitative estimate of drug-likeness (QED) is 0.639. The summed E-state index contributed by atoms with van der Waals surface area (Å²) >= 11 is 0. The van der Waals surface area contributed by atoms with Crippen LogP contribution in [0, 0.1) is 27.2 Å². The first kappa shape index (κ1) is 11.3. The summed E-state index contributed by atoms with van der Waals surface area (Å²) in [6, 6.07) is 1.53. The predicted molar refractivity (Wildman–Crippen MR) is 60.5 cm³/mol. The van der Waals surface area contributed by atoms with E-state index in [0.29, 0.717) is 13.1 Å². The molecule has 0 unspecified atom stereocenters. The summed E-state index contributed by atoms with van der Waals surface area (Å²) in [4.78, 5) is 11.3. The lowest BCUT2D eigenvalue weighted by molar-refractivity contribution is -0.385. The van der Waals surface area contributed by atoms with Gasteiger partial charge < -0.3 is 10.2 Å². The average molecular weight is 255 g/mol. The van der Waals surface area contributed by atoms with Crippen molar-refractivity contribution in [1.82, 2.24) is 5.32 Å². The van der Waals surface area contributed by atoms with Crippen molar-refractivity contribution >= 4 is 11.4 Å². The molecule has 0 saturated carbocycles. The first-order chi connectivity index (χ1) is 8.51. The molecule has 0 amide bonds. The zero-order chi connectivity index (χ0) is 12.9. The smallest absolute Gasteiger partial charge is 0.275 e. The van der Waals surface area contributed by atoms with E-state index in [2.05, 4.69) is 5.32 Å². The standard InChI is InChI=1S/C11H11F2N3O2/c12-8-1-7(16(17)18)2-9(13)10(8)15-5-11(6-15)3-14-4-11/h1-2,14H,3-6H2. The van der Waals surface area contributed by atoms with Gasteiger partial charge in [-0.2, -0.15) is 0 Å². The Balaban J connectivity index is 1.87. The number of hydrogen-bond acceptors (Lipinski definition) is 4. The van der Waals surface area contributed by atoms with Crippen molar-refractivity contribution in [3.63, 3.8) is 0 Å². The van der Waals surface area contributed by atoms with Crippen molar-refractivity contribution in [3.8, 4) is 0 Å². The van der Waals surface area contributed by atoms with E-state index in [1.165, 1.54) is 0 Å². The molecule has 18 heavy (non-hydrogen) atoms. The summed E-state index contributed by atoms with van der Waals surface area (Å²) in [5, 5.41) is 13.6. The van der Waals surface area contributed by atoms with Gasteiger partial charge in [0.25, 0.3) is 5.69 Å². The molecule has 2 aliphatic heterocycles. The summed E-state index contributed by atoms with van der Waals surface area (Å²) in [5.74, 6) is -1.74. The highest BCUT2D eigenvalue weighted by molar-refractivity contribution is 5.56. The van der Waals surface area contributed by atoms with Crippen molar-refractivity contribution in [2.45, 2.75) is 0 Å². The van der Waals surface area contributed by atoms with Crippen LogP contribution in [0.5, 0.6) is 0 Å². The molecule has 2 saturated heterocycles. The maximum absolute atomic E-state index is 13.7. The van der Waals surface area contributed by atoms with Gasteiger partial charge in [-0.15, -0.1) is 0 Å². The van der Waals surface area contributed by atoms with E-state index in [4.69, 9.17) is 0 Å². The number of non-ortho nitro benzene ring substituents is 1. The van der Waals surface area contributed by atoms with Crippen molar-refractivity contribution in [2.75, 3.05) is 31.1 Å². The van der Waals surface area contributed by atoms with Gasteiger partial charge in [0.05, 0.1) is 17.1 Å². The normalized spacial score (nSPS) is 20.4. The molecule has 7 heteroatoms. The Morgan fingerprint density at radius 3 is 2.22 bits per heavy atom. The summed E-state index contributed by atoms with van der Waals surface area (Å²) in [7, 11) is 0. The van der Waals surface area contributed by atoms with Crippen molar-refractivity contribution in [1.29, 1.82) is 0 Å². The lowest BCUT2D eigenvalue weighted by Gasteiger charge is -2.57. The molecule has 0 radical (unpaired) electrons. The van der Waals surface area contributed by atoms with Gasteiger partial charge in [0.2, 0.25) is 0 Å². The molecule has 3 rings (SSSR count). The second kappa shape index (κ2) is 3.61. The van der Waals surface area contributed by atoms with E-state index >= 15 is 0 Å². The Bertz CT molecular complexity index is 500. The van der Waals surface area contributed by atoms with Crippen LogP contribution in [-0.4, -0.2) is 31.1 Å². The van der Waals surface area contributed by atoms with Crippen LogP contribution in [0.25, 0.3) is 0 Å². The number of rotatable bonds is 2. The molecule has 0 bridgehead atoms. The molecule has 0 aromatic heterocycles. The molecule has 1 aromatic carbocycles. The number of benzene rings is 1. The van der Waals surface area contributed by atoms with Crippen LogP contribution < -0.4 is 10.2 Å². The molecule has 2 heterocycles. The zero-order valence-electron chi connectivity index (χ0n) is 9.45.